The summed E-state index contributed by atoms with van der Waals surface area (Å²) in [4.78, 5) is 8.07. The molecule has 0 aromatic carbocycles. The normalized spacial score (nSPS) is 19.7. The second kappa shape index (κ2) is 7.82. The third kappa shape index (κ3) is 4.76. The van der Waals surface area contributed by atoms with Gasteiger partial charge >= 0.3 is 0 Å². The Kier molecular flexibility index (Phi) is 6.73. The molecule has 1 saturated heterocycles. The van der Waals surface area contributed by atoms with E-state index >= 15 is 0 Å². The highest BCUT2D eigenvalue weighted by atomic mass is 35.5. The number of halogens is 2. The Labute approximate surface area is 113 Å². The summed E-state index contributed by atoms with van der Waals surface area (Å²) >= 11 is 5.88. The number of ether oxygens (including phenoxy) is 1. The van der Waals surface area contributed by atoms with Crippen LogP contribution in [0.4, 0.5) is 0 Å². The van der Waals surface area contributed by atoms with Gasteiger partial charge in [0, 0.05) is 18.4 Å². The Morgan fingerprint density at radius 2 is 2.18 bits per heavy atom. The lowest BCUT2D eigenvalue weighted by atomic mass is 10.1. The van der Waals surface area contributed by atoms with Crippen molar-refractivity contribution in [1.29, 1.82) is 0 Å². The van der Waals surface area contributed by atoms with Crippen molar-refractivity contribution < 1.29 is 4.74 Å². The Morgan fingerprint density at radius 1 is 1.35 bits per heavy atom. The quantitative estimate of drug-likeness (QED) is 0.917. The maximum absolute atomic E-state index is 5.88. The minimum Gasteiger partial charge on any atom is -0.373 e. The molecule has 96 valence electrons. The minimum atomic E-state index is 0. The van der Waals surface area contributed by atoms with Crippen LogP contribution in [-0.4, -0.2) is 29.2 Å². The average molecular weight is 278 g/mol. The third-order valence-corrected chi connectivity index (χ3v) is 3.01. The molecule has 0 amide bonds. The molecular weight excluding hydrogens is 261 g/mol. The summed E-state index contributed by atoms with van der Waals surface area (Å²) in [7, 11) is 0. The zero-order valence-electron chi connectivity index (χ0n) is 9.56. The predicted molar refractivity (Wildman–Crippen MR) is 69.6 cm³/mol. The van der Waals surface area contributed by atoms with Gasteiger partial charge in [-0.25, -0.2) is 4.98 Å². The first kappa shape index (κ1) is 14.6. The molecule has 17 heavy (non-hydrogen) atoms. The van der Waals surface area contributed by atoms with Gasteiger partial charge in [-0.15, -0.1) is 12.4 Å². The second-order valence-corrected chi connectivity index (χ2v) is 4.31. The standard InChI is InChI=1S/C11H16ClN3O.ClH/c12-11-10(14-5-6-15-11)8-16-7-9-3-1-2-4-13-9;/h5-6,9,13H,1-4,7-8H2;1H. The van der Waals surface area contributed by atoms with E-state index in [9.17, 15) is 0 Å². The van der Waals surface area contributed by atoms with Gasteiger partial charge in [0.2, 0.25) is 0 Å². The molecule has 0 radical (unpaired) electrons. The molecule has 1 aromatic heterocycles. The van der Waals surface area contributed by atoms with Gasteiger partial charge < -0.3 is 10.1 Å². The smallest absolute Gasteiger partial charge is 0.152 e. The van der Waals surface area contributed by atoms with Gasteiger partial charge in [-0.3, -0.25) is 4.98 Å². The fraction of sp³-hybridized carbons (Fsp3) is 0.636. The molecule has 4 nitrogen and oxygen atoms in total. The van der Waals surface area contributed by atoms with Gasteiger partial charge in [0.15, 0.2) is 5.15 Å². The van der Waals surface area contributed by atoms with Gasteiger partial charge in [-0.1, -0.05) is 18.0 Å². The fourth-order valence-electron chi connectivity index (χ4n) is 1.81. The summed E-state index contributed by atoms with van der Waals surface area (Å²) in [6.45, 7) is 2.25. The molecule has 2 heterocycles. The molecule has 0 spiro atoms. The minimum absolute atomic E-state index is 0. The molecule has 1 unspecified atom stereocenters. The molecule has 0 saturated carbocycles. The Hall–Kier alpha value is -0.420. The van der Waals surface area contributed by atoms with Gasteiger partial charge in [-0.05, 0) is 19.4 Å². The number of nitrogens with one attached hydrogen (secondary N) is 1. The molecular formula is C11H17Cl2N3O. The second-order valence-electron chi connectivity index (χ2n) is 3.96. The topological polar surface area (TPSA) is 47.0 Å². The van der Waals surface area contributed by atoms with Crippen molar-refractivity contribution in [3.05, 3.63) is 23.2 Å². The third-order valence-electron chi connectivity index (χ3n) is 2.69. The molecule has 1 aliphatic heterocycles. The van der Waals surface area contributed by atoms with Crippen molar-refractivity contribution >= 4 is 24.0 Å². The Bertz CT molecular complexity index is 332. The van der Waals surface area contributed by atoms with Crippen molar-refractivity contribution in [2.24, 2.45) is 0 Å². The predicted octanol–water partition coefficient (Wildman–Crippen LogP) is 2.21. The maximum atomic E-state index is 5.88. The van der Waals surface area contributed by atoms with Crippen molar-refractivity contribution in [1.82, 2.24) is 15.3 Å². The summed E-state index contributed by atoms with van der Waals surface area (Å²) in [6, 6.07) is 0.476. The van der Waals surface area contributed by atoms with Crippen LogP contribution in [0.25, 0.3) is 0 Å². The summed E-state index contributed by atoms with van der Waals surface area (Å²) < 4.78 is 5.59. The number of rotatable bonds is 4. The van der Waals surface area contributed by atoms with Crippen molar-refractivity contribution in [2.45, 2.75) is 31.9 Å². The molecule has 1 atom stereocenters. The van der Waals surface area contributed by atoms with Crippen molar-refractivity contribution in [3.63, 3.8) is 0 Å². The van der Waals surface area contributed by atoms with Crippen LogP contribution in [0.2, 0.25) is 5.15 Å². The van der Waals surface area contributed by atoms with Crippen LogP contribution in [0.5, 0.6) is 0 Å². The van der Waals surface area contributed by atoms with Gasteiger partial charge in [0.25, 0.3) is 0 Å². The van der Waals surface area contributed by atoms with Crippen LogP contribution in [0.1, 0.15) is 25.0 Å². The highest BCUT2D eigenvalue weighted by Crippen LogP contribution is 2.11. The molecule has 1 fully saturated rings. The van der Waals surface area contributed by atoms with Gasteiger partial charge in [0.1, 0.15) is 5.69 Å². The van der Waals surface area contributed by atoms with Crippen molar-refractivity contribution in [2.75, 3.05) is 13.2 Å². The first-order valence-electron chi connectivity index (χ1n) is 5.63. The van der Waals surface area contributed by atoms with E-state index in [4.69, 9.17) is 16.3 Å². The maximum Gasteiger partial charge on any atom is 0.152 e. The first-order chi connectivity index (χ1) is 7.86. The van der Waals surface area contributed by atoms with Crippen LogP contribution in [0.15, 0.2) is 12.4 Å². The number of aromatic nitrogens is 2. The Morgan fingerprint density at radius 3 is 2.88 bits per heavy atom. The monoisotopic (exact) mass is 277 g/mol. The van der Waals surface area contributed by atoms with E-state index in [2.05, 4.69) is 15.3 Å². The number of hydrogen-bond acceptors (Lipinski definition) is 4. The largest absolute Gasteiger partial charge is 0.373 e. The van der Waals surface area contributed by atoms with E-state index in [0.29, 0.717) is 30.1 Å². The summed E-state index contributed by atoms with van der Waals surface area (Å²) in [5.41, 5.74) is 0.708. The van der Waals surface area contributed by atoms with E-state index in [1.54, 1.807) is 12.4 Å². The van der Waals surface area contributed by atoms with E-state index in [1.807, 2.05) is 0 Å². The average Bonchev–Trinajstić information content (AvgIpc) is 2.33. The van der Waals surface area contributed by atoms with Gasteiger partial charge in [0.05, 0.1) is 13.2 Å². The fourth-order valence-corrected chi connectivity index (χ4v) is 1.97. The molecule has 1 aliphatic rings. The molecule has 2 rings (SSSR count). The molecule has 1 aromatic rings. The zero-order valence-corrected chi connectivity index (χ0v) is 11.1. The van der Waals surface area contributed by atoms with Crippen molar-refractivity contribution in [3.8, 4) is 0 Å². The number of piperidine rings is 1. The van der Waals surface area contributed by atoms with E-state index in [0.717, 1.165) is 6.54 Å². The summed E-state index contributed by atoms with van der Waals surface area (Å²) in [5, 5.41) is 3.86. The molecule has 6 heteroatoms. The van der Waals surface area contributed by atoms with E-state index in [1.165, 1.54) is 19.3 Å². The van der Waals surface area contributed by atoms with Gasteiger partial charge in [-0.2, -0.15) is 0 Å². The van der Waals surface area contributed by atoms with Crippen LogP contribution >= 0.6 is 24.0 Å². The highest BCUT2D eigenvalue weighted by Gasteiger charge is 2.12. The van der Waals surface area contributed by atoms with Crippen LogP contribution in [0, 0.1) is 0 Å². The van der Waals surface area contributed by atoms with Crippen LogP contribution in [-0.2, 0) is 11.3 Å². The molecule has 1 N–H and O–H groups in total. The highest BCUT2D eigenvalue weighted by molar-refractivity contribution is 6.29. The molecule has 0 bridgehead atoms. The van der Waals surface area contributed by atoms with E-state index < -0.39 is 0 Å². The summed E-state index contributed by atoms with van der Waals surface area (Å²) in [6.07, 6.45) is 6.95. The van der Waals surface area contributed by atoms with Crippen LogP contribution in [0.3, 0.4) is 0 Å². The lowest BCUT2D eigenvalue weighted by Gasteiger charge is -2.23. The molecule has 0 aliphatic carbocycles. The first-order valence-corrected chi connectivity index (χ1v) is 6.00. The van der Waals surface area contributed by atoms with Crippen LogP contribution < -0.4 is 5.32 Å². The SMILES string of the molecule is Cl.Clc1nccnc1COCC1CCCCN1. The Balaban J connectivity index is 0.00000144. The van der Waals surface area contributed by atoms with E-state index in [-0.39, 0.29) is 12.4 Å². The number of hydrogen-bond donors (Lipinski definition) is 1. The number of nitrogens with zero attached hydrogens (tertiary/aromatic N) is 2. The lowest BCUT2D eigenvalue weighted by molar-refractivity contribution is 0.0889. The zero-order chi connectivity index (χ0) is 11.2. The summed E-state index contributed by atoms with van der Waals surface area (Å²) in [5.74, 6) is 0. The lowest BCUT2D eigenvalue weighted by Crippen LogP contribution is -2.37.